The van der Waals surface area contributed by atoms with Crippen LogP contribution in [0.2, 0.25) is 0 Å². The molecule has 2 nitrogen and oxygen atoms in total. The zero-order chi connectivity index (χ0) is 13.5. The number of rotatable bonds is 5. The maximum atomic E-state index is 5.31. The molecule has 2 N–H and O–H groups in total. The third-order valence-corrected chi connectivity index (χ3v) is 3.49. The third kappa shape index (κ3) is 5.05. The van der Waals surface area contributed by atoms with Crippen molar-refractivity contribution in [2.24, 2.45) is 17.8 Å². The van der Waals surface area contributed by atoms with Gasteiger partial charge in [0, 0.05) is 12.2 Å². The highest BCUT2D eigenvalue weighted by atomic mass is 32.1. The van der Waals surface area contributed by atoms with E-state index in [2.05, 4.69) is 38.3 Å². The Kier molecular flexibility index (Phi) is 6.13. The molecule has 0 saturated carbocycles. The second kappa shape index (κ2) is 7.37. The summed E-state index contributed by atoms with van der Waals surface area (Å²) >= 11 is 5.31. The molecule has 0 fully saturated rings. The van der Waals surface area contributed by atoms with Gasteiger partial charge in [-0.3, -0.25) is 0 Å². The molecular formula is C15H24N2S. The molecule has 0 aliphatic carbocycles. The molecule has 0 amide bonds. The molecule has 3 heteroatoms. The molecule has 1 aromatic rings. The Morgan fingerprint density at radius 2 is 1.61 bits per heavy atom. The Balaban J connectivity index is 2.41. The summed E-state index contributed by atoms with van der Waals surface area (Å²) in [5, 5.41) is 7.21. The number of hydrogen-bond acceptors (Lipinski definition) is 1. The van der Waals surface area contributed by atoms with Crippen molar-refractivity contribution in [3.05, 3.63) is 30.3 Å². The zero-order valence-corrected chi connectivity index (χ0v) is 12.6. The van der Waals surface area contributed by atoms with Crippen LogP contribution in [0.15, 0.2) is 30.3 Å². The van der Waals surface area contributed by atoms with Crippen LogP contribution in [-0.2, 0) is 0 Å². The van der Waals surface area contributed by atoms with Gasteiger partial charge >= 0.3 is 0 Å². The molecular weight excluding hydrogens is 240 g/mol. The van der Waals surface area contributed by atoms with Crippen molar-refractivity contribution in [2.45, 2.75) is 27.7 Å². The van der Waals surface area contributed by atoms with E-state index in [9.17, 15) is 0 Å². The number of nitrogens with one attached hydrogen (secondary N) is 2. The van der Waals surface area contributed by atoms with Gasteiger partial charge in [0.15, 0.2) is 5.11 Å². The lowest BCUT2D eigenvalue weighted by molar-refractivity contribution is 0.288. The number of para-hydroxylation sites is 1. The second-order valence-corrected chi connectivity index (χ2v) is 5.76. The summed E-state index contributed by atoms with van der Waals surface area (Å²) in [4.78, 5) is 0. The maximum absolute atomic E-state index is 5.31. The minimum absolute atomic E-state index is 0.639. The first-order valence-electron chi connectivity index (χ1n) is 6.60. The van der Waals surface area contributed by atoms with Gasteiger partial charge in [0.1, 0.15) is 0 Å². The van der Waals surface area contributed by atoms with E-state index in [4.69, 9.17) is 12.2 Å². The van der Waals surface area contributed by atoms with E-state index >= 15 is 0 Å². The molecule has 0 aromatic heterocycles. The number of thiocarbonyl (C=S) groups is 1. The Morgan fingerprint density at radius 3 is 2.11 bits per heavy atom. The van der Waals surface area contributed by atoms with Crippen LogP contribution in [-0.4, -0.2) is 11.7 Å². The monoisotopic (exact) mass is 264 g/mol. The van der Waals surface area contributed by atoms with E-state index in [1.165, 1.54) is 0 Å². The third-order valence-electron chi connectivity index (χ3n) is 3.24. The fourth-order valence-electron chi connectivity index (χ4n) is 2.15. The van der Waals surface area contributed by atoms with Crippen LogP contribution in [0.5, 0.6) is 0 Å². The van der Waals surface area contributed by atoms with E-state index in [0.29, 0.717) is 22.9 Å². The maximum Gasteiger partial charge on any atom is 0.170 e. The van der Waals surface area contributed by atoms with Crippen LogP contribution >= 0.6 is 12.2 Å². The molecule has 0 saturated heterocycles. The minimum atomic E-state index is 0.639. The fourth-order valence-corrected chi connectivity index (χ4v) is 2.35. The van der Waals surface area contributed by atoms with Crippen molar-refractivity contribution in [1.29, 1.82) is 0 Å². The zero-order valence-electron chi connectivity index (χ0n) is 11.7. The smallest absolute Gasteiger partial charge is 0.170 e. The van der Waals surface area contributed by atoms with Gasteiger partial charge in [0.2, 0.25) is 0 Å². The topological polar surface area (TPSA) is 24.1 Å². The number of benzene rings is 1. The van der Waals surface area contributed by atoms with Gasteiger partial charge in [-0.15, -0.1) is 0 Å². The molecule has 0 atom stereocenters. The van der Waals surface area contributed by atoms with E-state index < -0.39 is 0 Å². The minimum Gasteiger partial charge on any atom is -0.362 e. The van der Waals surface area contributed by atoms with E-state index in [1.54, 1.807) is 0 Å². The molecule has 18 heavy (non-hydrogen) atoms. The van der Waals surface area contributed by atoms with Gasteiger partial charge in [0.25, 0.3) is 0 Å². The Morgan fingerprint density at radius 1 is 1.06 bits per heavy atom. The summed E-state index contributed by atoms with van der Waals surface area (Å²) in [6.07, 6.45) is 0. The lowest BCUT2D eigenvalue weighted by Gasteiger charge is -2.25. The molecule has 0 radical (unpaired) electrons. The van der Waals surface area contributed by atoms with Crippen LogP contribution < -0.4 is 10.6 Å². The average molecular weight is 264 g/mol. The van der Waals surface area contributed by atoms with Crippen LogP contribution in [0.4, 0.5) is 5.69 Å². The molecule has 100 valence electrons. The summed E-state index contributed by atoms with van der Waals surface area (Å²) in [5.41, 5.74) is 1.03. The molecule has 0 aliphatic rings. The highest BCUT2D eigenvalue weighted by Gasteiger charge is 2.17. The molecule has 0 aliphatic heterocycles. The first-order chi connectivity index (χ1) is 8.50. The van der Waals surface area contributed by atoms with E-state index in [0.717, 1.165) is 12.2 Å². The summed E-state index contributed by atoms with van der Waals surface area (Å²) in [5.74, 6) is 1.97. The highest BCUT2D eigenvalue weighted by molar-refractivity contribution is 7.80. The largest absolute Gasteiger partial charge is 0.362 e. The summed E-state index contributed by atoms with van der Waals surface area (Å²) < 4.78 is 0. The molecule has 1 aromatic carbocycles. The predicted octanol–water partition coefficient (Wildman–Crippen LogP) is 3.90. The van der Waals surface area contributed by atoms with Gasteiger partial charge < -0.3 is 10.6 Å². The predicted molar refractivity (Wildman–Crippen MR) is 83.8 cm³/mol. The summed E-state index contributed by atoms with van der Waals surface area (Å²) in [7, 11) is 0. The molecule has 0 bridgehead atoms. The van der Waals surface area contributed by atoms with Gasteiger partial charge in [-0.25, -0.2) is 0 Å². The normalized spacial score (nSPS) is 11.1. The van der Waals surface area contributed by atoms with E-state index in [1.807, 2.05) is 30.3 Å². The van der Waals surface area contributed by atoms with Crippen molar-refractivity contribution in [3.63, 3.8) is 0 Å². The van der Waals surface area contributed by atoms with Crippen molar-refractivity contribution < 1.29 is 0 Å². The van der Waals surface area contributed by atoms with Crippen LogP contribution in [0, 0.1) is 17.8 Å². The van der Waals surface area contributed by atoms with Crippen molar-refractivity contribution in [2.75, 3.05) is 11.9 Å². The molecule has 1 rings (SSSR count). The molecule has 0 heterocycles. The molecule has 0 unspecified atom stereocenters. The Labute approximate surface area is 116 Å². The highest BCUT2D eigenvalue weighted by Crippen LogP contribution is 2.19. The van der Waals surface area contributed by atoms with Gasteiger partial charge in [-0.2, -0.15) is 0 Å². The van der Waals surface area contributed by atoms with Gasteiger partial charge in [-0.05, 0) is 42.1 Å². The van der Waals surface area contributed by atoms with Gasteiger partial charge in [0.05, 0.1) is 0 Å². The average Bonchev–Trinajstić information content (AvgIpc) is 2.29. The van der Waals surface area contributed by atoms with Gasteiger partial charge in [-0.1, -0.05) is 45.9 Å². The first kappa shape index (κ1) is 15.0. The number of anilines is 1. The molecule has 0 spiro atoms. The SMILES string of the molecule is CC(C)C(CNC(=S)Nc1ccccc1)C(C)C. The Bertz CT molecular complexity index is 352. The first-order valence-corrected chi connectivity index (χ1v) is 7.01. The van der Waals surface area contributed by atoms with Crippen molar-refractivity contribution in [3.8, 4) is 0 Å². The fraction of sp³-hybridized carbons (Fsp3) is 0.533. The second-order valence-electron chi connectivity index (χ2n) is 5.35. The summed E-state index contributed by atoms with van der Waals surface area (Å²) in [6.45, 7) is 9.98. The quantitative estimate of drug-likeness (QED) is 0.789. The van der Waals surface area contributed by atoms with Crippen LogP contribution in [0.1, 0.15) is 27.7 Å². The number of hydrogen-bond donors (Lipinski definition) is 2. The Hall–Kier alpha value is -1.09. The van der Waals surface area contributed by atoms with E-state index in [-0.39, 0.29) is 0 Å². The van der Waals surface area contributed by atoms with Crippen molar-refractivity contribution >= 4 is 23.0 Å². The van der Waals surface area contributed by atoms with Crippen LogP contribution in [0.25, 0.3) is 0 Å². The van der Waals surface area contributed by atoms with Crippen LogP contribution in [0.3, 0.4) is 0 Å². The van der Waals surface area contributed by atoms with Crippen molar-refractivity contribution in [1.82, 2.24) is 5.32 Å². The lowest BCUT2D eigenvalue weighted by Crippen LogP contribution is -2.36. The lowest BCUT2D eigenvalue weighted by atomic mass is 9.85. The summed E-state index contributed by atoms with van der Waals surface area (Å²) in [6, 6.07) is 10.0. The standard InChI is InChI=1S/C15H24N2S/c1-11(2)14(12(3)4)10-16-15(18)17-13-8-6-5-7-9-13/h5-9,11-12,14H,10H2,1-4H3,(H2,16,17,18).